The van der Waals surface area contributed by atoms with Crippen LogP contribution in [0.2, 0.25) is 0 Å². The molecule has 0 radical (unpaired) electrons. The highest BCUT2D eigenvalue weighted by atomic mass is 16.3. The van der Waals surface area contributed by atoms with Gasteiger partial charge in [-0.2, -0.15) is 4.98 Å². The Hall–Kier alpha value is -2.46. The summed E-state index contributed by atoms with van der Waals surface area (Å²) in [6, 6.07) is 0. The minimum absolute atomic E-state index is 0.0202. The maximum absolute atomic E-state index is 12.1. The lowest BCUT2D eigenvalue weighted by atomic mass is 9.99. The van der Waals surface area contributed by atoms with Gasteiger partial charge in [-0.25, -0.2) is 4.98 Å². The Kier molecular flexibility index (Phi) is 3.34. The zero-order valence-electron chi connectivity index (χ0n) is 11.7. The number of carbonyl (C=O) groups is 1. The van der Waals surface area contributed by atoms with Gasteiger partial charge in [0.25, 0.3) is 5.56 Å². The number of aliphatic hydroxyl groups excluding tert-OH is 2. The van der Waals surface area contributed by atoms with E-state index < -0.39 is 11.1 Å². The Bertz CT molecular complexity index is 778. The van der Waals surface area contributed by atoms with Crippen LogP contribution in [-0.2, 0) is 11.5 Å². The minimum Gasteiger partial charge on any atom is -0.394 e. The summed E-state index contributed by atoms with van der Waals surface area (Å²) in [6.45, 7) is -0.678. The van der Waals surface area contributed by atoms with Gasteiger partial charge in [-0.15, -0.1) is 0 Å². The minimum atomic E-state index is -1.01. The lowest BCUT2D eigenvalue weighted by molar-refractivity contribution is -0.136. The lowest BCUT2D eigenvalue weighted by Gasteiger charge is -2.35. The van der Waals surface area contributed by atoms with Crippen LogP contribution in [0.25, 0.3) is 11.2 Å². The fourth-order valence-electron chi connectivity index (χ4n) is 2.71. The van der Waals surface area contributed by atoms with Crippen LogP contribution < -0.4 is 11.3 Å². The Morgan fingerprint density at radius 1 is 1.36 bits per heavy atom. The highest BCUT2D eigenvalue weighted by Crippen LogP contribution is 2.30. The number of H-pyrrole nitrogens is 1. The van der Waals surface area contributed by atoms with Crippen molar-refractivity contribution < 1.29 is 15.0 Å². The van der Waals surface area contributed by atoms with Crippen molar-refractivity contribution in [2.45, 2.75) is 25.0 Å². The molecule has 10 heteroatoms. The SMILES string of the molecule is Nc1nc2c(ncn2CN2C(=O)CCC2(CO)CO)c(=O)[nH]1. The molecule has 3 rings (SSSR count). The average Bonchev–Trinajstić information content (AvgIpc) is 3.03. The van der Waals surface area contributed by atoms with Gasteiger partial charge in [0.05, 0.1) is 25.1 Å². The Morgan fingerprint density at radius 3 is 2.77 bits per heavy atom. The summed E-state index contributed by atoms with van der Waals surface area (Å²) >= 11 is 0. The van der Waals surface area contributed by atoms with Crippen LogP contribution in [0.15, 0.2) is 11.1 Å². The summed E-state index contributed by atoms with van der Waals surface area (Å²) in [4.78, 5) is 35.5. The molecule has 1 fully saturated rings. The number of aliphatic hydroxyl groups is 2. The molecule has 0 aliphatic carbocycles. The smallest absolute Gasteiger partial charge is 0.280 e. The van der Waals surface area contributed by atoms with Crippen molar-refractivity contribution in [3.63, 3.8) is 0 Å². The van der Waals surface area contributed by atoms with Gasteiger partial charge < -0.3 is 20.8 Å². The first-order chi connectivity index (χ1) is 10.5. The molecule has 1 aliphatic heterocycles. The van der Waals surface area contributed by atoms with E-state index in [9.17, 15) is 19.8 Å². The van der Waals surface area contributed by atoms with E-state index in [0.29, 0.717) is 6.42 Å². The van der Waals surface area contributed by atoms with Gasteiger partial charge >= 0.3 is 0 Å². The molecule has 0 bridgehead atoms. The second-order valence-electron chi connectivity index (χ2n) is 5.34. The molecule has 118 valence electrons. The van der Waals surface area contributed by atoms with Gasteiger partial charge in [0, 0.05) is 6.42 Å². The monoisotopic (exact) mass is 308 g/mol. The molecule has 0 saturated carbocycles. The number of imidazole rings is 1. The van der Waals surface area contributed by atoms with E-state index in [-0.39, 0.29) is 49.3 Å². The van der Waals surface area contributed by atoms with Crippen molar-refractivity contribution in [2.75, 3.05) is 18.9 Å². The van der Waals surface area contributed by atoms with E-state index in [1.54, 1.807) is 0 Å². The molecule has 2 aromatic rings. The van der Waals surface area contributed by atoms with E-state index in [1.165, 1.54) is 15.8 Å². The predicted octanol–water partition coefficient (Wildman–Crippen LogP) is -1.99. The number of nitrogen functional groups attached to an aromatic ring is 1. The third kappa shape index (κ3) is 2.04. The molecule has 2 aromatic heterocycles. The zero-order valence-corrected chi connectivity index (χ0v) is 11.7. The summed E-state index contributed by atoms with van der Waals surface area (Å²) in [5.74, 6) is -0.245. The number of fused-ring (bicyclic) bond motifs is 1. The number of amides is 1. The quantitative estimate of drug-likeness (QED) is 0.510. The lowest BCUT2D eigenvalue weighted by Crippen LogP contribution is -2.51. The first kappa shape index (κ1) is 14.5. The number of rotatable bonds is 4. The van der Waals surface area contributed by atoms with Gasteiger partial charge in [0.15, 0.2) is 11.2 Å². The summed E-state index contributed by atoms with van der Waals surface area (Å²) in [5.41, 5.74) is 4.40. The first-order valence-corrected chi connectivity index (χ1v) is 6.73. The second kappa shape index (κ2) is 5.07. The summed E-state index contributed by atoms with van der Waals surface area (Å²) in [7, 11) is 0. The molecule has 3 heterocycles. The summed E-state index contributed by atoms with van der Waals surface area (Å²) in [6.07, 6.45) is 1.98. The number of aromatic nitrogens is 4. The standard InChI is InChI=1S/C12H16N6O4/c13-11-15-9-8(10(22)16-11)14-5-17(9)6-18-7(21)1-2-12(18,3-19)4-20/h5,19-20H,1-4,6H2,(H3,13,15,16,22). The molecule has 0 spiro atoms. The van der Waals surface area contributed by atoms with Crippen molar-refractivity contribution >= 4 is 23.0 Å². The highest BCUT2D eigenvalue weighted by molar-refractivity contribution is 5.80. The van der Waals surface area contributed by atoms with Gasteiger partial charge in [0.1, 0.15) is 6.67 Å². The molecule has 0 unspecified atom stereocenters. The van der Waals surface area contributed by atoms with E-state index in [1.807, 2.05) is 0 Å². The van der Waals surface area contributed by atoms with Crippen LogP contribution in [0.3, 0.4) is 0 Å². The van der Waals surface area contributed by atoms with Crippen molar-refractivity contribution in [3.8, 4) is 0 Å². The van der Waals surface area contributed by atoms with Gasteiger partial charge in [-0.1, -0.05) is 0 Å². The van der Waals surface area contributed by atoms with Crippen LogP contribution in [0.4, 0.5) is 5.95 Å². The molecule has 1 aliphatic rings. The van der Waals surface area contributed by atoms with Crippen LogP contribution in [0, 0.1) is 0 Å². The number of nitrogens with one attached hydrogen (secondary N) is 1. The summed E-state index contributed by atoms with van der Waals surface area (Å²) < 4.78 is 1.49. The third-order valence-electron chi connectivity index (χ3n) is 4.05. The third-order valence-corrected chi connectivity index (χ3v) is 4.05. The van der Waals surface area contributed by atoms with Gasteiger partial charge in [0.2, 0.25) is 11.9 Å². The summed E-state index contributed by atoms with van der Waals surface area (Å²) in [5, 5.41) is 19.1. The van der Waals surface area contributed by atoms with Crippen LogP contribution in [-0.4, -0.2) is 59.3 Å². The molecule has 0 aromatic carbocycles. The van der Waals surface area contributed by atoms with E-state index in [2.05, 4.69) is 15.0 Å². The zero-order chi connectivity index (χ0) is 15.9. The normalized spacial score (nSPS) is 17.5. The molecule has 5 N–H and O–H groups in total. The van der Waals surface area contributed by atoms with Gasteiger partial charge in [-0.3, -0.25) is 19.1 Å². The van der Waals surface area contributed by atoms with E-state index >= 15 is 0 Å². The Balaban J connectivity index is 2.02. The average molecular weight is 308 g/mol. The number of hydrogen-bond acceptors (Lipinski definition) is 7. The molecular formula is C12H16N6O4. The fourth-order valence-corrected chi connectivity index (χ4v) is 2.71. The van der Waals surface area contributed by atoms with Crippen LogP contribution >= 0.6 is 0 Å². The van der Waals surface area contributed by atoms with Crippen molar-refractivity contribution in [2.24, 2.45) is 0 Å². The Morgan fingerprint density at radius 2 is 2.09 bits per heavy atom. The molecule has 22 heavy (non-hydrogen) atoms. The van der Waals surface area contributed by atoms with Gasteiger partial charge in [-0.05, 0) is 6.42 Å². The molecule has 1 amide bonds. The number of likely N-dealkylation sites (tertiary alicyclic amines) is 1. The topological polar surface area (TPSA) is 150 Å². The van der Waals surface area contributed by atoms with E-state index in [0.717, 1.165) is 0 Å². The van der Waals surface area contributed by atoms with Crippen LogP contribution in [0.1, 0.15) is 12.8 Å². The first-order valence-electron chi connectivity index (χ1n) is 6.73. The van der Waals surface area contributed by atoms with Crippen molar-refractivity contribution in [3.05, 3.63) is 16.7 Å². The molecule has 10 nitrogen and oxygen atoms in total. The number of carbonyl (C=O) groups excluding carboxylic acids is 1. The number of nitrogens with zero attached hydrogens (tertiary/aromatic N) is 4. The van der Waals surface area contributed by atoms with Crippen molar-refractivity contribution in [1.29, 1.82) is 0 Å². The highest BCUT2D eigenvalue weighted by Gasteiger charge is 2.44. The molecule has 1 saturated heterocycles. The largest absolute Gasteiger partial charge is 0.394 e. The van der Waals surface area contributed by atoms with Crippen molar-refractivity contribution in [1.82, 2.24) is 24.4 Å². The predicted molar refractivity (Wildman–Crippen MR) is 75.5 cm³/mol. The number of nitrogens with two attached hydrogens (primary N) is 1. The Labute approximate surface area is 124 Å². The maximum atomic E-state index is 12.1. The van der Waals surface area contributed by atoms with Crippen LogP contribution in [0.5, 0.6) is 0 Å². The second-order valence-corrected chi connectivity index (χ2v) is 5.34. The molecule has 0 atom stereocenters. The fraction of sp³-hybridized carbons (Fsp3) is 0.500. The number of aromatic amines is 1. The maximum Gasteiger partial charge on any atom is 0.280 e. The number of hydrogen-bond donors (Lipinski definition) is 4. The number of anilines is 1. The molecular weight excluding hydrogens is 292 g/mol. The van der Waals surface area contributed by atoms with E-state index in [4.69, 9.17) is 5.73 Å².